The maximum Gasteiger partial charge on any atom is 0.261 e. The highest BCUT2D eigenvalue weighted by Gasteiger charge is 2.16. The fourth-order valence-electron chi connectivity index (χ4n) is 2.32. The van der Waals surface area contributed by atoms with Crippen LogP contribution in [-0.2, 0) is 10.0 Å². The van der Waals surface area contributed by atoms with Crippen LogP contribution in [-0.4, -0.2) is 24.5 Å². The number of benzene rings is 2. The molecule has 1 heterocycles. The zero-order valence-electron chi connectivity index (χ0n) is 15.0. The number of nitrogens with one attached hydrogen (secondary N) is 2. The van der Waals surface area contributed by atoms with Gasteiger partial charge >= 0.3 is 0 Å². The summed E-state index contributed by atoms with van der Waals surface area (Å²) in [5, 5.41) is 11.4. The van der Waals surface area contributed by atoms with Crippen molar-refractivity contribution < 1.29 is 13.2 Å². The van der Waals surface area contributed by atoms with E-state index < -0.39 is 10.0 Å². The summed E-state index contributed by atoms with van der Waals surface area (Å²) in [7, 11) is -3.74. The number of carbonyl (C=O) groups is 1. The molecule has 140 valence electrons. The van der Waals surface area contributed by atoms with Crippen LogP contribution >= 0.6 is 11.3 Å². The summed E-state index contributed by atoms with van der Waals surface area (Å²) in [6.45, 7) is 5.66. The molecule has 7 nitrogen and oxygen atoms in total. The maximum atomic E-state index is 12.5. The first kappa shape index (κ1) is 19.0. The Balaban J connectivity index is 1.75. The topological polar surface area (TPSA) is 101 Å². The quantitative estimate of drug-likeness (QED) is 0.680. The van der Waals surface area contributed by atoms with E-state index >= 15 is 0 Å². The van der Waals surface area contributed by atoms with Crippen molar-refractivity contribution in [2.24, 2.45) is 0 Å². The number of anilines is 2. The Morgan fingerprint density at radius 2 is 1.67 bits per heavy atom. The number of carbonyl (C=O) groups excluding carboxylic acids is 1. The van der Waals surface area contributed by atoms with Crippen LogP contribution in [0.2, 0.25) is 0 Å². The van der Waals surface area contributed by atoms with Gasteiger partial charge < -0.3 is 0 Å². The Bertz CT molecular complexity index is 1090. The third-order valence-corrected chi connectivity index (χ3v) is 6.08. The molecule has 0 aliphatic heterocycles. The smallest absolute Gasteiger partial charge is 0.261 e. The average Bonchev–Trinajstić information content (AvgIpc) is 3.03. The summed E-state index contributed by atoms with van der Waals surface area (Å²) in [4.78, 5) is 12.3. The van der Waals surface area contributed by atoms with E-state index in [1.54, 1.807) is 19.1 Å². The van der Waals surface area contributed by atoms with Gasteiger partial charge in [-0.3, -0.25) is 14.8 Å². The number of nitrogens with zero attached hydrogens (tertiary/aromatic N) is 2. The third kappa shape index (κ3) is 4.50. The lowest BCUT2D eigenvalue weighted by Crippen LogP contribution is -2.15. The zero-order valence-corrected chi connectivity index (χ0v) is 16.6. The van der Waals surface area contributed by atoms with Crippen molar-refractivity contribution >= 4 is 38.1 Å². The van der Waals surface area contributed by atoms with Gasteiger partial charge in [0, 0.05) is 11.3 Å². The second kappa shape index (κ2) is 7.45. The fraction of sp³-hybridized carbons (Fsp3) is 0.167. The van der Waals surface area contributed by atoms with Gasteiger partial charge in [0.25, 0.3) is 15.9 Å². The molecule has 0 unspecified atom stereocenters. The predicted molar refractivity (Wildman–Crippen MR) is 106 cm³/mol. The summed E-state index contributed by atoms with van der Waals surface area (Å²) in [5.41, 5.74) is 2.90. The molecule has 0 radical (unpaired) electrons. The van der Waals surface area contributed by atoms with Crippen LogP contribution in [0.4, 0.5) is 10.8 Å². The second-order valence-corrected chi connectivity index (χ2v) is 8.87. The molecule has 0 aliphatic rings. The number of amides is 1. The monoisotopic (exact) mass is 402 g/mol. The van der Waals surface area contributed by atoms with Crippen LogP contribution in [0.15, 0.2) is 47.4 Å². The minimum Gasteiger partial charge on any atom is -0.296 e. The summed E-state index contributed by atoms with van der Waals surface area (Å²) >= 11 is 1.26. The molecule has 1 aromatic heterocycles. The predicted octanol–water partition coefficient (Wildman–Crippen LogP) is 3.52. The van der Waals surface area contributed by atoms with Gasteiger partial charge in [-0.15, -0.1) is 10.2 Å². The standard InChI is InChI=1S/C18H18N4O3S2/c1-11-4-7-15(10-12(11)2)22-27(24,25)16-8-5-14(6-9-16)17(23)19-18-21-20-13(3)26-18/h4-10,22H,1-3H3,(H,19,21,23). The Morgan fingerprint density at radius 1 is 0.963 bits per heavy atom. The molecule has 2 N–H and O–H groups in total. The van der Waals surface area contributed by atoms with Crippen LogP contribution < -0.4 is 10.0 Å². The summed E-state index contributed by atoms with van der Waals surface area (Å²) in [5.74, 6) is -0.378. The van der Waals surface area contributed by atoms with Crippen molar-refractivity contribution in [3.63, 3.8) is 0 Å². The molecule has 3 aromatic rings. The van der Waals surface area contributed by atoms with Gasteiger partial charge in [0.1, 0.15) is 5.01 Å². The first-order chi connectivity index (χ1) is 12.7. The lowest BCUT2D eigenvalue weighted by Gasteiger charge is -2.10. The van der Waals surface area contributed by atoms with Gasteiger partial charge in [0.15, 0.2) is 0 Å². The zero-order chi connectivity index (χ0) is 19.6. The largest absolute Gasteiger partial charge is 0.296 e. The molecule has 0 spiro atoms. The number of hydrogen-bond donors (Lipinski definition) is 2. The molecule has 27 heavy (non-hydrogen) atoms. The molecule has 9 heteroatoms. The number of hydrogen-bond acceptors (Lipinski definition) is 6. The van der Waals surface area contributed by atoms with Gasteiger partial charge in [-0.2, -0.15) is 0 Å². The molecule has 0 aliphatic carbocycles. The molecule has 2 aromatic carbocycles. The van der Waals surface area contributed by atoms with Crippen molar-refractivity contribution in [2.45, 2.75) is 25.7 Å². The Kier molecular flexibility index (Phi) is 5.24. The van der Waals surface area contributed by atoms with E-state index in [0.29, 0.717) is 16.4 Å². The van der Waals surface area contributed by atoms with Gasteiger partial charge in [0.2, 0.25) is 5.13 Å². The molecule has 0 bridgehead atoms. The van der Waals surface area contributed by atoms with Crippen LogP contribution in [0.25, 0.3) is 0 Å². The number of sulfonamides is 1. The minimum atomic E-state index is -3.74. The van der Waals surface area contributed by atoms with E-state index in [1.807, 2.05) is 19.9 Å². The molecule has 3 rings (SSSR count). The highest BCUT2D eigenvalue weighted by atomic mass is 32.2. The van der Waals surface area contributed by atoms with E-state index in [-0.39, 0.29) is 10.8 Å². The Hall–Kier alpha value is -2.78. The molecular formula is C18H18N4O3S2. The first-order valence-electron chi connectivity index (χ1n) is 8.06. The highest BCUT2D eigenvalue weighted by molar-refractivity contribution is 7.92. The van der Waals surface area contributed by atoms with Gasteiger partial charge in [-0.05, 0) is 68.3 Å². The van der Waals surface area contributed by atoms with E-state index in [1.165, 1.54) is 35.6 Å². The van der Waals surface area contributed by atoms with Crippen LogP contribution in [0.1, 0.15) is 26.5 Å². The lowest BCUT2D eigenvalue weighted by molar-refractivity contribution is 0.102. The molecule has 0 saturated carbocycles. The summed E-state index contributed by atoms with van der Waals surface area (Å²) < 4.78 is 27.6. The van der Waals surface area contributed by atoms with Crippen molar-refractivity contribution in [3.05, 3.63) is 64.2 Å². The van der Waals surface area contributed by atoms with Gasteiger partial charge in [-0.25, -0.2) is 8.42 Å². The second-order valence-electron chi connectivity index (χ2n) is 6.01. The summed E-state index contributed by atoms with van der Waals surface area (Å²) in [6.07, 6.45) is 0. The van der Waals surface area contributed by atoms with Crippen LogP contribution in [0, 0.1) is 20.8 Å². The normalized spacial score (nSPS) is 11.2. The Morgan fingerprint density at radius 3 is 2.26 bits per heavy atom. The fourth-order valence-corrected chi connectivity index (χ4v) is 3.96. The number of aromatic nitrogens is 2. The van der Waals surface area contributed by atoms with Crippen molar-refractivity contribution in [1.29, 1.82) is 0 Å². The maximum absolute atomic E-state index is 12.5. The molecule has 0 fully saturated rings. The number of rotatable bonds is 5. The van der Waals surface area contributed by atoms with E-state index in [2.05, 4.69) is 20.2 Å². The van der Waals surface area contributed by atoms with Crippen LogP contribution in [0.5, 0.6) is 0 Å². The molecule has 1 amide bonds. The average molecular weight is 403 g/mol. The number of aryl methyl sites for hydroxylation is 3. The molecule has 0 atom stereocenters. The van der Waals surface area contributed by atoms with Crippen LogP contribution in [0.3, 0.4) is 0 Å². The van der Waals surface area contributed by atoms with E-state index in [0.717, 1.165) is 16.1 Å². The first-order valence-corrected chi connectivity index (χ1v) is 10.4. The highest BCUT2D eigenvalue weighted by Crippen LogP contribution is 2.20. The molecule has 0 saturated heterocycles. The van der Waals surface area contributed by atoms with E-state index in [4.69, 9.17) is 0 Å². The van der Waals surface area contributed by atoms with Gasteiger partial charge in [-0.1, -0.05) is 17.4 Å². The van der Waals surface area contributed by atoms with Crippen molar-refractivity contribution in [1.82, 2.24) is 10.2 Å². The Labute approximate surface area is 161 Å². The van der Waals surface area contributed by atoms with E-state index in [9.17, 15) is 13.2 Å². The minimum absolute atomic E-state index is 0.0732. The van der Waals surface area contributed by atoms with Crippen molar-refractivity contribution in [2.75, 3.05) is 10.0 Å². The third-order valence-electron chi connectivity index (χ3n) is 3.93. The lowest BCUT2D eigenvalue weighted by atomic mass is 10.1. The summed E-state index contributed by atoms with van der Waals surface area (Å²) in [6, 6.07) is 11.0. The van der Waals surface area contributed by atoms with Crippen molar-refractivity contribution in [3.8, 4) is 0 Å². The SMILES string of the molecule is Cc1nnc(NC(=O)c2ccc(S(=O)(=O)Nc3ccc(C)c(C)c3)cc2)s1. The van der Waals surface area contributed by atoms with Gasteiger partial charge in [0.05, 0.1) is 4.90 Å². The molecular weight excluding hydrogens is 384 g/mol.